The summed E-state index contributed by atoms with van der Waals surface area (Å²) in [5.74, 6) is 0. The van der Waals surface area contributed by atoms with E-state index in [4.69, 9.17) is 0 Å². The molecule has 0 amide bonds. The molecule has 0 saturated carbocycles. The third kappa shape index (κ3) is 3.39. The number of hydrogen-bond donors (Lipinski definition) is 1. The predicted molar refractivity (Wildman–Crippen MR) is 68.0 cm³/mol. The van der Waals surface area contributed by atoms with Gasteiger partial charge in [0.1, 0.15) is 0 Å². The Kier molecular flexibility index (Phi) is 3.24. The number of nitrogens with zero attached hydrogens (tertiary/aromatic N) is 3. The molecule has 0 bridgehead atoms. The molecule has 2 aromatic rings. The van der Waals surface area contributed by atoms with Crippen LogP contribution in [0.15, 0.2) is 36.5 Å². The summed E-state index contributed by atoms with van der Waals surface area (Å²) < 4.78 is 0. The Balaban J connectivity index is 2.07. The molecule has 0 spiro atoms. The quantitative estimate of drug-likeness (QED) is 0.878. The highest BCUT2D eigenvalue weighted by Crippen LogP contribution is 2.05. The van der Waals surface area contributed by atoms with E-state index in [1.807, 2.05) is 30.3 Å². The second kappa shape index (κ2) is 4.67. The molecule has 0 unspecified atom stereocenters. The van der Waals surface area contributed by atoms with Crippen LogP contribution in [0.1, 0.15) is 26.5 Å². The largest absolute Gasteiger partial charge is 0.306 e. The van der Waals surface area contributed by atoms with E-state index >= 15 is 0 Å². The molecule has 0 aliphatic carbocycles. The summed E-state index contributed by atoms with van der Waals surface area (Å²) in [4.78, 5) is 1.65. The van der Waals surface area contributed by atoms with Gasteiger partial charge in [-0.3, -0.25) is 0 Å². The predicted octanol–water partition coefficient (Wildman–Crippen LogP) is 2.16. The summed E-state index contributed by atoms with van der Waals surface area (Å²) in [6, 6.07) is 9.91. The molecule has 0 aliphatic heterocycles. The Morgan fingerprint density at radius 2 is 1.88 bits per heavy atom. The minimum Gasteiger partial charge on any atom is -0.306 e. The molecule has 4 heteroatoms. The zero-order chi connectivity index (χ0) is 12.3. The molecule has 0 aliphatic rings. The standard InChI is InChI=1S/C13H18N4/c1-13(2,3)14-9-11-10-15-17(16-11)12-7-5-4-6-8-12/h4-8,10,14H,9H2,1-3H3. The van der Waals surface area contributed by atoms with E-state index in [1.165, 1.54) is 0 Å². The van der Waals surface area contributed by atoms with Crippen LogP contribution >= 0.6 is 0 Å². The summed E-state index contributed by atoms with van der Waals surface area (Å²) in [6.07, 6.45) is 1.80. The first-order valence-corrected chi connectivity index (χ1v) is 5.76. The van der Waals surface area contributed by atoms with E-state index in [-0.39, 0.29) is 5.54 Å². The normalized spacial score (nSPS) is 11.7. The van der Waals surface area contributed by atoms with Gasteiger partial charge in [0.15, 0.2) is 0 Å². The van der Waals surface area contributed by atoms with Gasteiger partial charge in [-0.2, -0.15) is 15.0 Å². The van der Waals surface area contributed by atoms with Crippen LogP contribution in [-0.2, 0) is 6.54 Å². The first kappa shape index (κ1) is 11.8. The number of rotatable bonds is 3. The van der Waals surface area contributed by atoms with Gasteiger partial charge in [-0.05, 0) is 32.9 Å². The Labute approximate surface area is 102 Å². The first-order valence-electron chi connectivity index (χ1n) is 5.76. The van der Waals surface area contributed by atoms with Gasteiger partial charge in [0.05, 0.1) is 17.6 Å². The van der Waals surface area contributed by atoms with Gasteiger partial charge in [0, 0.05) is 12.1 Å². The van der Waals surface area contributed by atoms with Crippen LogP contribution in [0.5, 0.6) is 0 Å². The molecular weight excluding hydrogens is 212 g/mol. The van der Waals surface area contributed by atoms with E-state index in [2.05, 4.69) is 36.3 Å². The topological polar surface area (TPSA) is 42.7 Å². The molecular formula is C13H18N4. The van der Waals surface area contributed by atoms with Crippen LogP contribution in [0, 0.1) is 0 Å². The van der Waals surface area contributed by atoms with E-state index < -0.39 is 0 Å². The summed E-state index contributed by atoms with van der Waals surface area (Å²) in [5.41, 5.74) is 2.02. The molecule has 90 valence electrons. The first-order chi connectivity index (χ1) is 8.04. The monoisotopic (exact) mass is 230 g/mol. The van der Waals surface area contributed by atoms with Crippen molar-refractivity contribution >= 4 is 0 Å². The lowest BCUT2D eigenvalue weighted by Crippen LogP contribution is -2.35. The Bertz CT molecular complexity index is 468. The highest BCUT2D eigenvalue weighted by molar-refractivity contribution is 5.28. The van der Waals surface area contributed by atoms with Crippen LogP contribution in [0.25, 0.3) is 5.69 Å². The zero-order valence-electron chi connectivity index (χ0n) is 10.5. The minimum atomic E-state index is 0.0938. The van der Waals surface area contributed by atoms with Crippen molar-refractivity contribution in [2.45, 2.75) is 32.9 Å². The van der Waals surface area contributed by atoms with E-state index in [0.717, 1.165) is 17.9 Å². The Hall–Kier alpha value is -1.68. The molecule has 0 atom stereocenters. The summed E-state index contributed by atoms with van der Waals surface area (Å²) in [7, 11) is 0. The second-order valence-corrected chi connectivity index (χ2v) is 5.06. The van der Waals surface area contributed by atoms with Gasteiger partial charge in [0.2, 0.25) is 0 Å². The molecule has 1 aromatic carbocycles. The van der Waals surface area contributed by atoms with E-state index in [9.17, 15) is 0 Å². The second-order valence-electron chi connectivity index (χ2n) is 5.06. The number of hydrogen-bond acceptors (Lipinski definition) is 3. The molecule has 1 aromatic heterocycles. The van der Waals surface area contributed by atoms with Crippen LogP contribution < -0.4 is 5.32 Å². The van der Waals surface area contributed by atoms with Gasteiger partial charge < -0.3 is 5.32 Å². The summed E-state index contributed by atoms with van der Waals surface area (Å²) >= 11 is 0. The number of nitrogens with one attached hydrogen (secondary N) is 1. The lowest BCUT2D eigenvalue weighted by Gasteiger charge is -2.19. The third-order valence-electron chi connectivity index (χ3n) is 2.33. The van der Waals surface area contributed by atoms with Crippen molar-refractivity contribution in [1.29, 1.82) is 0 Å². The average Bonchev–Trinajstić information content (AvgIpc) is 2.75. The number of benzene rings is 1. The molecule has 2 rings (SSSR count). The van der Waals surface area contributed by atoms with Gasteiger partial charge in [-0.15, -0.1) is 0 Å². The van der Waals surface area contributed by atoms with Gasteiger partial charge in [-0.1, -0.05) is 18.2 Å². The molecule has 0 saturated heterocycles. The van der Waals surface area contributed by atoms with Gasteiger partial charge in [-0.25, -0.2) is 0 Å². The molecule has 4 nitrogen and oxygen atoms in total. The fourth-order valence-corrected chi connectivity index (χ4v) is 1.42. The Morgan fingerprint density at radius 1 is 1.18 bits per heavy atom. The molecule has 1 N–H and O–H groups in total. The smallest absolute Gasteiger partial charge is 0.0969 e. The van der Waals surface area contributed by atoms with Crippen molar-refractivity contribution in [3.63, 3.8) is 0 Å². The van der Waals surface area contributed by atoms with Crippen molar-refractivity contribution in [3.8, 4) is 5.69 Å². The van der Waals surface area contributed by atoms with Crippen LogP contribution in [-0.4, -0.2) is 20.5 Å². The van der Waals surface area contributed by atoms with Crippen molar-refractivity contribution in [1.82, 2.24) is 20.3 Å². The lowest BCUT2D eigenvalue weighted by molar-refractivity contribution is 0.420. The molecule has 1 heterocycles. The lowest BCUT2D eigenvalue weighted by atomic mass is 10.1. The highest BCUT2D eigenvalue weighted by atomic mass is 15.5. The highest BCUT2D eigenvalue weighted by Gasteiger charge is 2.10. The summed E-state index contributed by atoms with van der Waals surface area (Å²) in [6.45, 7) is 7.13. The SMILES string of the molecule is CC(C)(C)NCc1cnn(-c2ccccc2)n1. The molecule has 17 heavy (non-hydrogen) atoms. The van der Waals surface area contributed by atoms with Crippen LogP contribution in [0.4, 0.5) is 0 Å². The fourth-order valence-electron chi connectivity index (χ4n) is 1.42. The number of para-hydroxylation sites is 1. The third-order valence-corrected chi connectivity index (χ3v) is 2.33. The van der Waals surface area contributed by atoms with Crippen LogP contribution in [0.3, 0.4) is 0 Å². The maximum atomic E-state index is 4.43. The Morgan fingerprint density at radius 3 is 2.53 bits per heavy atom. The summed E-state index contributed by atoms with van der Waals surface area (Å²) in [5, 5.41) is 12.1. The van der Waals surface area contributed by atoms with Crippen LogP contribution in [0.2, 0.25) is 0 Å². The molecule has 0 radical (unpaired) electrons. The molecule has 0 fully saturated rings. The van der Waals surface area contributed by atoms with E-state index in [0.29, 0.717) is 0 Å². The van der Waals surface area contributed by atoms with Gasteiger partial charge >= 0.3 is 0 Å². The van der Waals surface area contributed by atoms with E-state index in [1.54, 1.807) is 11.0 Å². The van der Waals surface area contributed by atoms with Crippen molar-refractivity contribution in [2.24, 2.45) is 0 Å². The van der Waals surface area contributed by atoms with Crippen molar-refractivity contribution in [3.05, 3.63) is 42.2 Å². The van der Waals surface area contributed by atoms with Crippen molar-refractivity contribution in [2.75, 3.05) is 0 Å². The number of aromatic nitrogens is 3. The van der Waals surface area contributed by atoms with Gasteiger partial charge in [0.25, 0.3) is 0 Å². The van der Waals surface area contributed by atoms with Crippen molar-refractivity contribution < 1.29 is 0 Å². The minimum absolute atomic E-state index is 0.0938. The zero-order valence-corrected chi connectivity index (χ0v) is 10.5. The fraction of sp³-hybridized carbons (Fsp3) is 0.385. The maximum Gasteiger partial charge on any atom is 0.0969 e. The maximum absolute atomic E-state index is 4.43. The average molecular weight is 230 g/mol.